The van der Waals surface area contributed by atoms with Crippen molar-refractivity contribution >= 4 is 12.1 Å². The lowest BCUT2D eigenvalue weighted by Crippen LogP contribution is -2.49. The second-order valence-corrected chi connectivity index (χ2v) is 3.67. The topological polar surface area (TPSA) is 77.0 Å². The van der Waals surface area contributed by atoms with Crippen LogP contribution in [0.3, 0.4) is 0 Å². The average Bonchev–Trinajstić information content (AvgIpc) is 2.03. The molecule has 0 atom stereocenters. The van der Waals surface area contributed by atoms with Crippen molar-refractivity contribution in [2.75, 3.05) is 13.1 Å². The summed E-state index contributed by atoms with van der Waals surface area (Å²) in [5.74, 6) is 0.297. The third kappa shape index (κ3) is 2.04. The van der Waals surface area contributed by atoms with E-state index in [1.807, 2.05) is 11.8 Å². The molecule has 1 aliphatic heterocycles. The molecule has 1 heterocycles. The highest BCUT2D eigenvalue weighted by Gasteiger charge is 2.26. The number of nitrogens with one attached hydrogen (secondary N) is 2. The molecule has 0 radical (unpaired) electrons. The highest BCUT2D eigenvalue weighted by molar-refractivity contribution is 6.26. The van der Waals surface area contributed by atoms with E-state index in [1.54, 1.807) is 0 Å². The minimum absolute atomic E-state index is 0.0706. The molecule has 1 fully saturated rings. The molecule has 0 aromatic heterocycles. The predicted molar refractivity (Wildman–Crippen MR) is 49.9 cm³/mol. The molecule has 0 bridgehead atoms. The van der Waals surface area contributed by atoms with E-state index in [4.69, 9.17) is 16.6 Å². The summed E-state index contributed by atoms with van der Waals surface area (Å²) in [6.07, 6.45) is 2.89. The number of hydrogen-bond acceptors (Lipinski definition) is 3. The van der Waals surface area contributed by atoms with Gasteiger partial charge in [0.1, 0.15) is 5.84 Å². The van der Waals surface area contributed by atoms with E-state index in [1.165, 1.54) is 0 Å². The van der Waals surface area contributed by atoms with Crippen LogP contribution in [0.5, 0.6) is 0 Å². The standard InChI is InChI=1S/C8H16N4/c1-8(11)2-4-12(5-3-8)7(10)6-9/h6,9-10H,2-5,11H2,1H3. The Morgan fingerprint density at radius 1 is 1.50 bits per heavy atom. The van der Waals surface area contributed by atoms with Crippen molar-refractivity contribution in [3.8, 4) is 0 Å². The highest BCUT2D eigenvalue weighted by atomic mass is 15.2. The molecule has 0 aromatic rings. The summed E-state index contributed by atoms with van der Waals surface area (Å²) in [4.78, 5) is 1.89. The zero-order valence-electron chi connectivity index (χ0n) is 7.43. The zero-order chi connectivity index (χ0) is 9.19. The first kappa shape index (κ1) is 9.19. The smallest absolute Gasteiger partial charge is 0.138 e. The first-order chi connectivity index (χ1) is 5.55. The van der Waals surface area contributed by atoms with Crippen molar-refractivity contribution in [1.82, 2.24) is 4.90 Å². The van der Waals surface area contributed by atoms with Crippen LogP contribution in [-0.4, -0.2) is 35.6 Å². The minimum atomic E-state index is -0.0706. The van der Waals surface area contributed by atoms with E-state index in [-0.39, 0.29) is 5.54 Å². The minimum Gasteiger partial charge on any atom is -0.356 e. The van der Waals surface area contributed by atoms with Gasteiger partial charge in [-0.25, -0.2) is 0 Å². The highest BCUT2D eigenvalue weighted by Crippen LogP contribution is 2.18. The molecule has 12 heavy (non-hydrogen) atoms. The van der Waals surface area contributed by atoms with Crippen molar-refractivity contribution in [2.24, 2.45) is 5.73 Å². The van der Waals surface area contributed by atoms with Gasteiger partial charge in [-0.1, -0.05) is 0 Å². The van der Waals surface area contributed by atoms with Crippen LogP contribution in [0.15, 0.2) is 0 Å². The number of likely N-dealkylation sites (tertiary alicyclic amines) is 1. The SMILES string of the molecule is CC1(N)CCN(C(=N)C=N)CC1. The van der Waals surface area contributed by atoms with E-state index in [0.29, 0.717) is 5.84 Å². The number of piperidine rings is 1. The number of nitrogens with two attached hydrogens (primary N) is 1. The van der Waals surface area contributed by atoms with E-state index < -0.39 is 0 Å². The summed E-state index contributed by atoms with van der Waals surface area (Å²) in [7, 11) is 0. The fraction of sp³-hybridized carbons (Fsp3) is 0.750. The van der Waals surface area contributed by atoms with Gasteiger partial charge < -0.3 is 16.0 Å². The van der Waals surface area contributed by atoms with Crippen LogP contribution in [0.1, 0.15) is 19.8 Å². The van der Waals surface area contributed by atoms with E-state index in [2.05, 4.69) is 0 Å². The van der Waals surface area contributed by atoms with Crippen LogP contribution >= 0.6 is 0 Å². The van der Waals surface area contributed by atoms with Crippen molar-refractivity contribution in [3.05, 3.63) is 0 Å². The third-order valence-corrected chi connectivity index (χ3v) is 2.38. The van der Waals surface area contributed by atoms with Crippen molar-refractivity contribution in [1.29, 1.82) is 10.8 Å². The molecule has 4 N–H and O–H groups in total. The average molecular weight is 168 g/mol. The molecule has 1 rings (SSSR count). The molecule has 4 nitrogen and oxygen atoms in total. The van der Waals surface area contributed by atoms with Gasteiger partial charge in [0.2, 0.25) is 0 Å². The zero-order valence-corrected chi connectivity index (χ0v) is 7.43. The van der Waals surface area contributed by atoms with Crippen molar-refractivity contribution in [2.45, 2.75) is 25.3 Å². The van der Waals surface area contributed by atoms with E-state index in [9.17, 15) is 0 Å². The Morgan fingerprint density at radius 3 is 2.42 bits per heavy atom. The fourth-order valence-corrected chi connectivity index (χ4v) is 1.35. The van der Waals surface area contributed by atoms with Crippen LogP contribution < -0.4 is 5.73 Å². The normalized spacial score (nSPS) is 22.0. The van der Waals surface area contributed by atoms with E-state index in [0.717, 1.165) is 32.1 Å². The Hall–Kier alpha value is -0.900. The van der Waals surface area contributed by atoms with Crippen LogP contribution in [0, 0.1) is 10.8 Å². The summed E-state index contributed by atoms with van der Waals surface area (Å²) in [5, 5.41) is 14.3. The maximum absolute atomic E-state index is 7.40. The molecular formula is C8H16N4. The van der Waals surface area contributed by atoms with Gasteiger partial charge in [0.15, 0.2) is 0 Å². The summed E-state index contributed by atoms with van der Waals surface area (Å²) in [6, 6.07) is 0. The lowest BCUT2D eigenvalue weighted by atomic mass is 9.91. The Labute approximate surface area is 72.8 Å². The van der Waals surface area contributed by atoms with Gasteiger partial charge in [0, 0.05) is 18.6 Å². The van der Waals surface area contributed by atoms with Gasteiger partial charge in [-0.3, -0.25) is 5.41 Å². The predicted octanol–water partition coefficient (Wildman–Crippen LogP) is 0.426. The van der Waals surface area contributed by atoms with Gasteiger partial charge in [-0.2, -0.15) is 0 Å². The molecule has 68 valence electrons. The van der Waals surface area contributed by atoms with Gasteiger partial charge in [0.25, 0.3) is 0 Å². The monoisotopic (exact) mass is 168 g/mol. The van der Waals surface area contributed by atoms with Crippen LogP contribution in [0.4, 0.5) is 0 Å². The Morgan fingerprint density at radius 2 is 2.00 bits per heavy atom. The second-order valence-electron chi connectivity index (χ2n) is 3.67. The van der Waals surface area contributed by atoms with E-state index >= 15 is 0 Å². The first-order valence-electron chi connectivity index (χ1n) is 4.18. The lowest BCUT2D eigenvalue weighted by Gasteiger charge is -2.37. The van der Waals surface area contributed by atoms with Crippen LogP contribution in [-0.2, 0) is 0 Å². The van der Waals surface area contributed by atoms with Crippen molar-refractivity contribution < 1.29 is 0 Å². The number of nitrogens with zero attached hydrogens (tertiary/aromatic N) is 1. The summed E-state index contributed by atoms with van der Waals surface area (Å²) in [5.41, 5.74) is 5.86. The maximum Gasteiger partial charge on any atom is 0.138 e. The maximum atomic E-state index is 7.40. The summed E-state index contributed by atoms with van der Waals surface area (Å²) < 4.78 is 0. The number of rotatable bonds is 1. The summed E-state index contributed by atoms with van der Waals surface area (Å²) >= 11 is 0. The van der Waals surface area contributed by atoms with Crippen molar-refractivity contribution in [3.63, 3.8) is 0 Å². The second kappa shape index (κ2) is 3.23. The van der Waals surface area contributed by atoms with Gasteiger partial charge in [-0.05, 0) is 19.8 Å². The quantitative estimate of drug-likeness (QED) is 0.392. The molecule has 1 aliphatic rings. The summed E-state index contributed by atoms with van der Waals surface area (Å²) in [6.45, 7) is 3.65. The molecule has 4 heteroatoms. The molecule has 0 aromatic carbocycles. The van der Waals surface area contributed by atoms with Crippen LogP contribution in [0.25, 0.3) is 0 Å². The van der Waals surface area contributed by atoms with Gasteiger partial charge in [0.05, 0.1) is 6.21 Å². The number of hydrogen-bond donors (Lipinski definition) is 3. The Bertz CT molecular complexity index is 187. The third-order valence-electron chi connectivity index (χ3n) is 2.38. The Kier molecular flexibility index (Phi) is 2.47. The lowest BCUT2D eigenvalue weighted by molar-refractivity contribution is 0.246. The molecule has 1 saturated heterocycles. The molecule has 0 saturated carbocycles. The van der Waals surface area contributed by atoms with Gasteiger partial charge in [-0.15, -0.1) is 0 Å². The largest absolute Gasteiger partial charge is 0.356 e. The number of amidine groups is 1. The molecule has 0 amide bonds. The fourth-order valence-electron chi connectivity index (χ4n) is 1.35. The first-order valence-corrected chi connectivity index (χ1v) is 4.18. The molecule has 0 unspecified atom stereocenters. The molecule has 0 aliphatic carbocycles. The van der Waals surface area contributed by atoms with Gasteiger partial charge >= 0.3 is 0 Å². The van der Waals surface area contributed by atoms with Crippen LogP contribution in [0.2, 0.25) is 0 Å². The molecule has 0 spiro atoms. The Balaban J connectivity index is 2.46. The molecular weight excluding hydrogens is 152 g/mol.